The fraction of sp³-hybridized carbons (Fsp3) is 1.00. The third kappa shape index (κ3) is 3.93. The van der Waals surface area contributed by atoms with Crippen LogP contribution >= 0.6 is 0 Å². The van der Waals surface area contributed by atoms with Gasteiger partial charge in [0.05, 0.1) is 0 Å². The predicted octanol–water partition coefficient (Wildman–Crippen LogP) is 2.18. The van der Waals surface area contributed by atoms with Crippen molar-refractivity contribution in [3.63, 3.8) is 0 Å². The van der Waals surface area contributed by atoms with Gasteiger partial charge in [-0.3, -0.25) is 0 Å². The van der Waals surface area contributed by atoms with Gasteiger partial charge in [-0.2, -0.15) is 0 Å². The van der Waals surface area contributed by atoms with E-state index < -0.39 is 0 Å². The van der Waals surface area contributed by atoms with Crippen LogP contribution in [0.2, 0.25) is 0 Å². The van der Waals surface area contributed by atoms with E-state index in [9.17, 15) is 0 Å². The second-order valence-corrected chi connectivity index (χ2v) is 7.99. The summed E-state index contributed by atoms with van der Waals surface area (Å²) in [5.74, 6) is 0.846. The van der Waals surface area contributed by atoms with Crippen LogP contribution < -0.4 is 5.32 Å². The molecule has 1 aliphatic carbocycles. The Hall–Kier alpha value is -0.120. The molecule has 1 aliphatic heterocycles. The molecule has 2 rings (SSSR count). The van der Waals surface area contributed by atoms with Gasteiger partial charge in [-0.05, 0) is 79.6 Å². The van der Waals surface area contributed by atoms with Crippen molar-refractivity contribution in [1.29, 1.82) is 0 Å². The Balaban J connectivity index is 1.76. The van der Waals surface area contributed by atoms with Crippen LogP contribution in [0.25, 0.3) is 0 Å². The summed E-state index contributed by atoms with van der Waals surface area (Å²) in [4.78, 5) is 5.17. The van der Waals surface area contributed by atoms with Crippen molar-refractivity contribution in [2.45, 2.75) is 57.5 Å². The number of rotatable bonds is 5. The van der Waals surface area contributed by atoms with Crippen molar-refractivity contribution < 1.29 is 0 Å². The molecule has 0 aromatic rings. The number of hydrogen-bond donors (Lipinski definition) is 1. The van der Waals surface area contributed by atoms with Crippen LogP contribution in [-0.2, 0) is 0 Å². The largest absolute Gasteiger partial charge is 0.312 e. The number of nitrogens with one attached hydrogen (secondary N) is 1. The average Bonchev–Trinajstić information content (AvgIpc) is 2.66. The molecule has 19 heavy (non-hydrogen) atoms. The van der Waals surface area contributed by atoms with Crippen LogP contribution in [-0.4, -0.2) is 61.2 Å². The van der Waals surface area contributed by atoms with Crippen molar-refractivity contribution in [2.75, 3.05) is 40.3 Å². The number of nitrogens with zero attached hydrogens (tertiary/aromatic N) is 2. The molecule has 0 amide bonds. The van der Waals surface area contributed by atoms with Crippen LogP contribution in [0.4, 0.5) is 0 Å². The molecule has 0 radical (unpaired) electrons. The van der Waals surface area contributed by atoms with Crippen LogP contribution in [0.3, 0.4) is 0 Å². The zero-order chi connectivity index (χ0) is 14.1. The summed E-state index contributed by atoms with van der Waals surface area (Å²) in [7, 11) is 4.52. The van der Waals surface area contributed by atoms with Crippen LogP contribution in [0.15, 0.2) is 0 Å². The lowest BCUT2D eigenvalue weighted by molar-refractivity contribution is 0.0262. The quantitative estimate of drug-likeness (QED) is 0.824. The van der Waals surface area contributed by atoms with Gasteiger partial charge in [-0.1, -0.05) is 0 Å². The van der Waals surface area contributed by atoms with E-state index in [0.29, 0.717) is 5.54 Å². The van der Waals surface area contributed by atoms with Gasteiger partial charge in [0.15, 0.2) is 0 Å². The lowest BCUT2D eigenvalue weighted by Gasteiger charge is -2.49. The lowest BCUT2D eigenvalue weighted by Crippen LogP contribution is -2.57. The second-order valence-electron chi connectivity index (χ2n) is 7.99. The molecule has 0 aromatic carbocycles. The van der Waals surface area contributed by atoms with E-state index in [2.05, 4.69) is 50.0 Å². The van der Waals surface area contributed by atoms with Gasteiger partial charge in [-0.15, -0.1) is 0 Å². The van der Waals surface area contributed by atoms with Crippen molar-refractivity contribution in [2.24, 2.45) is 5.92 Å². The summed E-state index contributed by atoms with van der Waals surface area (Å²) >= 11 is 0. The highest BCUT2D eigenvalue weighted by Gasteiger charge is 2.41. The molecule has 112 valence electrons. The smallest absolute Gasteiger partial charge is 0.0330 e. The standard InChI is InChI=1S/C16H33N3/c1-15(2,3)17-11-14-7-10-19(12-14)13-16(18(4)5)8-6-9-16/h14,17H,6-13H2,1-5H3. The summed E-state index contributed by atoms with van der Waals surface area (Å²) in [6.45, 7) is 11.8. The molecule has 1 heterocycles. The fourth-order valence-electron chi connectivity index (χ4n) is 3.42. The van der Waals surface area contributed by atoms with E-state index >= 15 is 0 Å². The summed E-state index contributed by atoms with van der Waals surface area (Å²) in [6, 6.07) is 0. The van der Waals surface area contributed by atoms with Crippen LogP contribution in [0.1, 0.15) is 46.5 Å². The monoisotopic (exact) mass is 267 g/mol. The molecule has 1 unspecified atom stereocenters. The second kappa shape index (κ2) is 5.71. The third-order valence-corrected chi connectivity index (χ3v) is 5.04. The Morgan fingerprint density at radius 3 is 2.42 bits per heavy atom. The molecule has 1 N–H and O–H groups in total. The Morgan fingerprint density at radius 2 is 1.95 bits per heavy atom. The summed E-state index contributed by atoms with van der Waals surface area (Å²) in [5, 5.41) is 3.66. The Kier molecular flexibility index (Phi) is 4.59. The molecule has 3 heteroatoms. The maximum absolute atomic E-state index is 3.66. The van der Waals surface area contributed by atoms with Gasteiger partial charge >= 0.3 is 0 Å². The molecule has 0 spiro atoms. The van der Waals surface area contributed by atoms with Crippen LogP contribution in [0.5, 0.6) is 0 Å². The molecule has 2 aliphatic rings. The zero-order valence-corrected chi connectivity index (χ0v) is 13.6. The third-order valence-electron chi connectivity index (χ3n) is 5.04. The molecule has 1 saturated heterocycles. The normalized spacial score (nSPS) is 27.8. The molecule has 2 fully saturated rings. The molecule has 0 aromatic heterocycles. The molecule has 3 nitrogen and oxygen atoms in total. The van der Waals surface area contributed by atoms with Crippen molar-refractivity contribution >= 4 is 0 Å². The topological polar surface area (TPSA) is 18.5 Å². The SMILES string of the molecule is CN(C)C1(CN2CCC(CNC(C)(C)C)C2)CCC1. The first-order valence-electron chi connectivity index (χ1n) is 7.96. The molecule has 1 saturated carbocycles. The van der Waals surface area contributed by atoms with E-state index in [-0.39, 0.29) is 5.54 Å². The molecule has 0 bridgehead atoms. The Morgan fingerprint density at radius 1 is 1.26 bits per heavy atom. The van der Waals surface area contributed by atoms with E-state index in [1.807, 2.05) is 0 Å². The van der Waals surface area contributed by atoms with E-state index in [0.717, 1.165) is 5.92 Å². The summed E-state index contributed by atoms with van der Waals surface area (Å²) in [5.41, 5.74) is 0.749. The van der Waals surface area contributed by atoms with Gasteiger partial charge in [0.2, 0.25) is 0 Å². The average molecular weight is 267 g/mol. The summed E-state index contributed by atoms with van der Waals surface area (Å²) < 4.78 is 0. The Labute approximate surface area is 119 Å². The van der Waals surface area contributed by atoms with Gasteiger partial charge in [0, 0.05) is 24.2 Å². The fourth-order valence-corrected chi connectivity index (χ4v) is 3.42. The molecule has 1 atom stereocenters. The lowest BCUT2D eigenvalue weighted by atomic mass is 9.75. The van der Waals surface area contributed by atoms with Gasteiger partial charge in [0.1, 0.15) is 0 Å². The van der Waals surface area contributed by atoms with Crippen molar-refractivity contribution in [1.82, 2.24) is 15.1 Å². The zero-order valence-electron chi connectivity index (χ0n) is 13.6. The van der Waals surface area contributed by atoms with Crippen molar-refractivity contribution in [3.05, 3.63) is 0 Å². The highest BCUT2D eigenvalue weighted by atomic mass is 15.2. The summed E-state index contributed by atoms with van der Waals surface area (Å²) in [6.07, 6.45) is 5.57. The minimum absolute atomic E-state index is 0.256. The van der Waals surface area contributed by atoms with E-state index in [1.54, 1.807) is 0 Å². The Bertz CT molecular complexity index is 289. The molecular formula is C16H33N3. The van der Waals surface area contributed by atoms with Crippen LogP contribution in [0, 0.1) is 5.92 Å². The number of likely N-dealkylation sites (tertiary alicyclic amines) is 1. The maximum Gasteiger partial charge on any atom is 0.0330 e. The van der Waals surface area contributed by atoms with Crippen molar-refractivity contribution in [3.8, 4) is 0 Å². The van der Waals surface area contributed by atoms with E-state index in [4.69, 9.17) is 0 Å². The molecular weight excluding hydrogens is 234 g/mol. The predicted molar refractivity (Wildman–Crippen MR) is 82.6 cm³/mol. The highest BCUT2D eigenvalue weighted by Crippen LogP contribution is 2.37. The first-order valence-corrected chi connectivity index (χ1v) is 7.96. The number of hydrogen-bond acceptors (Lipinski definition) is 3. The highest BCUT2D eigenvalue weighted by molar-refractivity contribution is 4.99. The van der Waals surface area contributed by atoms with Gasteiger partial charge in [0.25, 0.3) is 0 Å². The minimum atomic E-state index is 0.256. The van der Waals surface area contributed by atoms with Gasteiger partial charge < -0.3 is 15.1 Å². The maximum atomic E-state index is 3.66. The first kappa shape index (κ1) is 15.3. The first-order chi connectivity index (χ1) is 8.81. The van der Waals surface area contributed by atoms with E-state index in [1.165, 1.54) is 51.9 Å². The van der Waals surface area contributed by atoms with Gasteiger partial charge in [-0.25, -0.2) is 0 Å². The minimum Gasteiger partial charge on any atom is -0.312 e. The number of likely N-dealkylation sites (N-methyl/N-ethyl adjacent to an activating group) is 1.